The molecular weight excluding hydrogens is 697 g/mol. The van der Waals surface area contributed by atoms with Crippen molar-refractivity contribution in [3.8, 4) is 5.75 Å². The molecule has 12 heteroatoms. The number of carbonyl (C=O) groups is 1. The summed E-state index contributed by atoms with van der Waals surface area (Å²) in [5.41, 5.74) is 2.70. The number of aliphatic hydroxyl groups is 1. The minimum absolute atomic E-state index is 0. The topological polar surface area (TPSA) is 72.8 Å². The number of likely N-dealkylation sites (tertiary alicyclic amines) is 1. The number of rotatable bonds is 17. The molecule has 0 bridgehead atoms. The highest BCUT2D eigenvalue weighted by Gasteiger charge is 2.57. The van der Waals surface area contributed by atoms with Crippen LogP contribution in [-0.2, 0) is 22.4 Å². The van der Waals surface area contributed by atoms with Crippen LogP contribution in [0.2, 0.25) is 0 Å². The van der Waals surface area contributed by atoms with Crippen LogP contribution in [0.5, 0.6) is 5.75 Å². The second kappa shape index (κ2) is 18.3. The zero-order valence-electron chi connectivity index (χ0n) is 29.5. The number of unbranched alkanes of at least 4 members (excludes halogenated alkanes) is 6. The quantitative estimate of drug-likeness (QED) is 0.0565. The molecule has 5 nitrogen and oxygen atoms in total. The third-order valence-corrected chi connectivity index (χ3v) is 13.8. The van der Waals surface area contributed by atoms with Crippen molar-refractivity contribution in [2.45, 2.75) is 140 Å². The van der Waals surface area contributed by atoms with E-state index in [0.717, 1.165) is 103 Å². The summed E-state index contributed by atoms with van der Waals surface area (Å²) >= 11 is -1.37. The first-order valence-electron chi connectivity index (χ1n) is 18.8. The van der Waals surface area contributed by atoms with Gasteiger partial charge >= 0.3 is 18.1 Å². The van der Waals surface area contributed by atoms with Gasteiger partial charge in [0.1, 0.15) is 17.3 Å². The van der Waals surface area contributed by atoms with Gasteiger partial charge in [-0.2, -0.15) is 22.0 Å². The zero-order valence-corrected chi connectivity index (χ0v) is 31.1. The molecule has 7 unspecified atom stereocenters. The van der Waals surface area contributed by atoms with Crippen molar-refractivity contribution in [1.29, 1.82) is 0 Å². The summed E-state index contributed by atoms with van der Waals surface area (Å²) in [6.45, 7) is 4.55. The van der Waals surface area contributed by atoms with Crippen LogP contribution >= 0.6 is 12.4 Å². The number of nitrogens with zero attached hydrogens (tertiary/aromatic N) is 1. The van der Waals surface area contributed by atoms with Crippen LogP contribution in [0.4, 0.5) is 22.0 Å². The van der Waals surface area contributed by atoms with Gasteiger partial charge in [0, 0.05) is 6.42 Å². The fraction of sp³-hybridized carbons (Fsp3) is 0.816. The monoisotopic (exact) mass is 753 g/mol. The summed E-state index contributed by atoms with van der Waals surface area (Å²) < 4.78 is 80.8. The Morgan fingerprint density at radius 3 is 2.34 bits per heavy atom. The van der Waals surface area contributed by atoms with Crippen molar-refractivity contribution in [3.63, 3.8) is 0 Å². The summed E-state index contributed by atoms with van der Waals surface area (Å²) in [6.07, 6.45) is 7.94. The lowest BCUT2D eigenvalue weighted by atomic mass is 9.52. The number of hydrogen-bond donors (Lipinski definition) is 1. The van der Waals surface area contributed by atoms with Gasteiger partial charge in [-0.25, -0.2) is 0 Å². The molecule has 50 heavy (non-hydrogen) atoms. The van der Waals surface area contributed by atoms with Gasteiger partial charge in [0.25, 0.3) is 0 Å². The van der Waals surface area contributed by atoms with E-state index in [1.54, 1.807) is 0 Å². The normalized spacial score (nSPS) is 28.8. The highest BCUT2D eigenvalue weighted by Crippen LogP contribution is 2.62. The molecule has 4 aliphatic rings. The van der Waals surface area contributed by atoms with Crippen LogP contribution in [0.3, 0.4) is 0 Å². The van der Waals surface area contributed by atoms with E-state index in [1.807, 2.05) is 6.07 Å². The Morgan fingerprint density at radius 2 is 1.64 bits per heavy atom. The van der Waals surface area contributed by atoms with Gasteiger partial charge in [0.2, 0.25) is 0 Å². The molecule has 1 saturated heterocycles. The van der Waals surface area contributed by atoms with Crippen molar-refractivity contribution in [2.75, 3.05) is 31.1 Å². The molecule has 5 rings (SSSR count). The van der Waals surface area contributed by atoms with E-state index in [-0.39, 0.29) is 35.6 Å². The fourth-order valence-electron chi connectivity index (χ4n) is 9.62. The van der Waals surface area contributed by atoms with Crippen molar-refractivity contribution < 1.29 is 41.1 Å². The van der Waals surface area contributed by atoms with Crippen molar-refractivity contribution in [2.24, 2.45) is 23.2 Å². The molecule has 0 aromatic heterocycles. The molecule has 3 fully saturated rings. The Labute approximate surface area is 304 Å². The number of fused-ring (bicyclic) bond motifs is 5. The molecule has 3 aliphatic carbocycles. The lowest BCUT2D eigenvalue weighted by Gasteiger charge is -2.53. The second-order valence-electron chi connectivity index (χ2n) is 15.6. The third kappa shape index (κ3) is 10.3. The van der Waals surface area contributed by atoms with Gasteiger partial charge in [0.15, 0.2) is 0 Å². The number of esters is 1. The van der Waals surface area contributed by atoms with Crippen LogP contribution in [-0.4, -0.2) is 69.9 Å². The number of benzene rings is 1. The Morgan fingerprint density at radius 1 is 0.980 bits per heavy atom. The smallest absolute Gasteiger partial charge is 0.453 e. The fourth-order valence-corrected chi connectivity index (χ4v) is 10.8. The minimum Gasteiger partial charge on any atom is -0.616 e. The molecule has 1 aromatic rings. The largest absolute Gasteiger partial charge is 0.616 e. The average Bonchev–Trinajstić information content (AvgIpc) is 3.66. The first kappa shape index (κ1) is 41.6. The molecular formula is C38H57ClF5NO4S. The Balaban J connectivity index is 0.00000562. The summed E-state index contributed by atoms with van der Waals surface area (Å²) in [7, 11) is 0. The standard InChI is InChI=1S/C38H56F5NO4S.ClH/c1-36-19-17-31-30-14-13-29(48-34(46)26-44-20-8-9-21-44)25-28(30)24-27(35(31)32(36)15-16-33(36)45)12-7-5-3-2-4-6-10-22-49(47)23-11-18-37(39,40)38(41,42)43;/h13-14,25,27,31-33,35,45H,2-12,15-24,26H2,1H3;1H. The first-order chi connectivity index (χ1) is 23.3. The Kier molecular flexibility index (Phi) is 15.2. The predicted molar refractivity (Wildman–Crippen MR) is 190 cm³/mol. The molecule has 2 saturated carbocycles. The molecule has 1 aliphatic heterocycles. The van der Waals surface area contributed by atoms with Gasteiger partial charge in [-0.15, -0.1) is 12.4 Å². The zero-order chi connectivity index (χ0) is 35.2. The van der Waals surface area contributed by atoms with Gasteiger partial charge in [-0.1, -0.05) is 56.3 Å². The van der Waals surface area contributed by atoms with Crippen LogP contribution in [0.25, 0.3) is 0 Å². The predicted octanol–water partition coefficient (Wildman–Crippen LogP) is 9.40. The third-order valence-electron chi connectivity index (χ3n) is 12.3. The van der Waals surface area contributed by atoms with Crippen molar-refractivity contribution in [3.05, 3.63) is 29.3 Å². The second-order valence-corrected chi connectivity index (χ2v) is 17.3. The van der Waals surface area contributed by atoms with Crippen molar-refractivity contribution in [1.82, 2.24) is 4.90 Å². The van der Waals surface area contributed by atoms with Crippen LogP contribution in [0.15, 0.2) is 18.2 Å². The Hall–Kier alpha value is -1.14. The highest BCUT2D eigenvalue weighted by molar-refractivity contribution is 7.91. The summed E-state index contributed by atoms with van der Waals surface area (Å²) in [5.74, 6) is -1.99. The number of alkyl halides is 5. The van der Waals surface area contributed by atoms with Crippen LogP contribution in [0, 0.1) is 23.2 Å². The molecule has 1 heterocycles. The molecule has 0 spiro atoms. The first-order valence-corrected chi connectivity index (χ1v) is 20.3. The molecule has 0 radical (unpaired) electrons. The van der Waals surface area contributed by atoms with E-state index in [2.05, 4.69) is 24.0 Å². The van der Waals surface area contributed by atoms with E-state index in [0.29, 0.717) is 48.1 Å². The summed E-state index contributed by atoms with van der Waals surface area (Å²) in [5, 5.41) is 11.0. The lowest BCUT2D eigenvalue weighted by molar-refractivity contribution is -0.284. The van der Waals surface area contributed by atoms with Crippen molar-refractivity contribution >= 4 is 29.6 Å². The number of aliphatic hydroxyl groups excluding tert-OH is 1. The van der Waals surface area contributed by atoms with Crippen LogP contribution < -0.4 is 4.74 Å². The van der Waals surface area contributed by atoms with Gasteiger partial charge in [-0.05, 0) is 136 Å². The molecule has 286 valence electrons. The highest BCUT2D eigenvalue weighted by atomic mass is 35.5. The molecule has 0 amide bonds. The molecule has 1 N–H and O–H groups in total. The lowest BCUT2D eigenvalue weighted by Crippen LogP contribution is -2.47. The Bertz CT molecular complexity index is 1230. The van der Waals surface area contributed by atoms with E-state index < -0.39 is 36.1 Å². The van der Waals surface area contributed by atoms with E-state index in [1.165, 1.54) is 11.1 Å². The van der Waals surface area contributed by atoms with E-state index >= 15 is 0 Å². The SMILES string of the molecule is CC12CCC3c4ccc(OC(=O)CN5CCCC5)cc4CC(CCCCCCCCC[S+]([O-])CCCC(F)(F)C(F)(F)F)C3C1CCC2O.Cl. The van der Waals surface area contributed by atoms with E-state index in [4.69, 9.17) is 4.74 Å². The van der Waals surface area contributed by atoms with Crippen LogP contribution in [0.1, 0.15) is 127 Å². The summed E-state index contributed by atoms with van der Waals surface area (Å²) in [4.78, 5) is 14.8. The van der Waals surface area contributed by atoms with Gasteiger partial charge in [0.05, 0.1) is 12.6 Å². The van der Waals surface area contributed by atoms with Gasteiger partial charge in [-0.3, -0.25) is 9.69 Å². The van der Waals surface area contributed by atoms with E-state index in [9.17, 15) is 36.4 Å². The number of hydrogen-bond acceptors (Lipinski definition) is 5. The minimum atomic E-state index is -5.55. The maximum atomic E-state index is 13.0. The maximum Gasteiger partial charge on any atom is 0.453 e. The number of ether oxygens (including phenoxy) is 1. The average molecular weight is 754 g/mol. The summed E-state index contributed by atoms with van der Waals surface area (Å²) in [6, 6.07) is 6.30. The molecule has 7 atom stereocenters. The number of halogens is 6. The number of carbonyl (C=O) groups excluding carboxylic acids is 1. The molecule has 1 aromatic carbocycles. The van der Waals surface area contributed by atoms with Gasteiger partial charge < -0.3 is 14.4 Å². The maximum absolute atomic E-state index is 13.0.